The van der Waals surface area contributed by atoms with Gasteiger partial charge in [0, 0.05) is 23.2 Å². The van der Waals surface area contributed by atoms with Crippen LogP contribution in [0.15, 0.2) is 36.4 Å². The molecule has 0 aromatic heterocycles. The molecule has 1 saturated heterocycles. The summed E-state index contributed by atoms with van der Waals surface area (Å²) in [5, 5.41) is 9.64. The molecule has 36 heavy (non-hydrogen) atoms. The Balaban J connectivity index is 1.55. The summed E-state index contributed by atoms with van der Waals surface area (Å²) in [6.45, 7) is 4.52. The van der Waals surface area contributed by atoms with Crippen molar-refractivity contribution < 1.29 is 19.1 Å². The first kappa shape index (κ1) is 26.0. The van der Waals surface area contributed by atoms with E-state index in [0.29, 0.717) is 47.3 Å². The molecule has 192 valence electrons. The summed E-state index contributed by atoms with van der Waals surface area (Å²) in [7, 11) is 3.35. The molecule has 0 spiro atoms. The number of ether oxygens (including phenoxy) is 1. The Kier molecular flexibility index (Phi) is 7.85. The Bertz CT molecular complexity index is 1170. The SMILES string of the molecule is CN[C@@H](CC(C)C)C(=O)N[C@H]1CCN2C(=O)c3cc(-c4cc(Cl)ccc4OC)ccc3NC(=O)[C@@H]2C1. The van der Waals surface area contributed by atoms with Gasteiger partial charge in [-0.15, -0.1) is 0 Å². The van der Waals surface area contributed by atoms with Crippen molar-refractivity contribution >= 4 is 35.0 Å². The second-order valence-corrected chi connectivity index (χ2v) is 10.2. The number of amides is 3. The van der Waals surface area contributed by atoms with Crippen molar-refractivity contribution in [1.29, 1.82) is 0 Å². The van der Waals surface area contributed by atoms with Crippen LogP contribution in [0.1, 0.15) is 43.5 Å². The number of nitrogens with one attached hydrogen (secondary N) is 3. The van der Waals surface area contributed by atoms with Crippen LogP contribution < -0.4 is 20.7 Å². The molecule has 3 atom stereocenters. The van der Waals surface area contributed by atoms with Crippen LogP contribution in [0.2, 0.25) is 5.02 Å². The number of nitrogens with zero attached hydrogens (tertiary/aromatic N) is 1. The van der Waals surface area contributed by atoms with Gasteiger partial charge in [-0.1, -0.05) is 31.5 Å². The summed E-state index contributed by atoms with van der Waals surface area (Å²) >= 11 is 6.21. The normalized spacial score (nSPS) is 20.2. The lowest BCUT2D eigenvalue weighted by Gasteiger charge is -2.37. The molecule has 2 aliphatic heterocycles. The number of fused-ring (bicyclic) bond motifs is 2. The Morgan fingerprint density at radius 3 is 2.67 bits per heavy atom. The van der Waals surface area contributed by atoms with Crippen LogP contribution in [0.25, 0.3) is 11.1 Å². The molecule has 0 aliphatic carbocycles. The number of carbonyl (C=O) groups excluding carboxylic acids is 3. The van der Waals surface area contributed by atoms with E-state index in [2.05, 4.69) is 29.8 Å². The number of carbonyl (C=O) groups is 3. The van der Waals surface area contributed by atoms with Crippen LogP contribution in [0.5, 0.6) is 5.75 Å². The fourth-order valence-corrected chi connectivity index (χ4v) is 5.16. The van der Waals surface area contributed by atoms with E-state index in [-0.39, 0.29) is 29.8 Å². The van der Waals surface area contributed by atoms with E-state index in [1.165, 1.54) is 0 Å². The largest absolute Gasteiger partial charge is 0.496 e. The summed E-state index contributed by atoms with van der Waals surface area (Å²) in [6.07, 6.45) is 1.67. The van der Waals surface area contributed by atoms with E-state index in [9.17, 15) is 14.4 Å². The molecule has 0 radical (unpaired) electrons. The molecule has 2 aliphatic rings. The summed E-state index contributed by atoms with van der Waals surface area (Å²) in [6, 6.07) is 9.51. The summed E-state index contributed by atoms with van der Waals surface area (Å²) in [5.41, 5.74) is 2.41. The smallest absolute Gasteiger partial charge is 0.256 e. The quantitative estimate of drug-likeness (QED) is 0.525. The summed E-state index contributed by atoms with van der Waals surface area (Å²) < 4.78 is 5.48. The maximum atomic E-state index is 13.6. The average molecular weight is 513 g/mol. The molecule has 9 heteroatoms. The van der Waals surface area contributed by atoms with Gasteiger partial charge in [-0.05, 0) is 68.1 Å². The predicted molar refractivity (Wildman–Crippen MR) is 140 cm³/mol. The monoisotopic (exact) mass is 512 g/mol. The highest BCUT2D eigenvalue weighted by Gasteiger charge is 2.40. The molecule has 4 rings (SSSR count). The number of rotatable bonds is 7. The van der Waals surface area contributed by atoms with Gasteiger partial charge >= 0.3 is 0 Å². The van der Waals surface area contributed by atoms with Crippen LogP contribution in [-0.4, -0.2) is 61.4 Å². The Labute approximate surface area is 216 Å². The molecule has 0 saturated carbocycles. The first-order valence-electron chi connectivity index (χ1n) is 12.3. The van der Waals surface area contributed by atoms with Gasteiger partial charge in [-0.25, -0.2) is 0 Å². The molecule has 0 bridgehead atoms. The fourth-order valence-electron chi connectivity index (χ4n) is 4.99. The van der Waals surface area contributed by atoms with Gasteiger partial charge in [0.25, 0.3) is 5.91 Å². The Hall–Kier alpha value is -3.10. The third kappa shape index (κ3) is 5.34. The number of benzene rings is 2. The van der Waals surface area contributed by atoms with Crippen molar-refractivity contribution in [2.45, 2.75) is 51.2 Å². The number of likely N-dealkylation sites (N-methyl/N-ethyl adjacent to an activating group) is 1. The van der Waals surface area contributed by atoms with E-state index in [0.717, 1.165) is 17.5 Å². The van der Waals surface area contributed by atoms with E-state index in [1.807, 2.05) is 6.07 Å². The summed E-state index contributed by atoms with van der Waals surface area (Å²) in [4.78, 5) is 41.2. The van der Waals surface area contributed by atoms with Crippen molar-refractivity contribution in [3.63, 3.8) is 0 Å². The predicted octanol–water partition coefficient (Wildman–Crippen LogP) is 3.69. The van der Waals surface area contributed by atoms with Gasteiger partial charge in [-0.2, -0.15) is 0 Å². The first-order valence-corrected chi connectivity index (χ1v) is 12.7. The third-order valence-corrected chi connectivity index (χ3v) is 7.10. The van der Waals surface area contributed by atoms with Crippen LogP contribution in [0.3, 0.4) is 0 Å². The lowest BCUT2D eigenvalue weighted by molar-refractivity contribution is -0.126. The number of piperidine rings is 1. The van der Waals surface area contributed by atoms with E-state index >= 15 is 0 Å². The lowest BCUT2D eigenvalue weighted by Crippen LogP contribution is -2.56. The average Bonchev–Trinajstić information content (AvgIpc) is 2.96. The minimum atomic E-state index is -0.661. The zero-order chi connectivity index (χ0) is 26.0. The molecule has 3 N–H and O–H groups in total. The molecular formula is C27H33ClN4O4. The maximum Gasteiger partial charge on any atom is 0.256 e. The second-order valence-electron chi connectivity index (χ2n) is 9.81. The maximum absolute atomic E-state index is 13.6. The molecular weight excluding hydrogens is 480 g/mol. The number of anilines is 1. The van der Waals surface area contributed by atoms with Crippen molar-refractivity contribution in [3.8, 4) is 16.9 Å². The van der Waals surface area contributed by atoms with Crippen LogP contribution in [0.4, 0.5) is 5.69 Å². The van der Waals surface area contributed by atoms with Gasteiger partial charge in [0.1, 0.15) is 11.8 Å². The van der Waals surface area contributed by atoms with Gasteiger partial charge in [-0.3, -0.25) is 14.4 Å². The van der Waals surface area contributed by atoms with Crippen molar-refractivity contribution in [3.05, 3.63) is 47.0 Å². The van der Waals surface area contributed by atoms with Crippen molar-refractivity contribution in [2.75, 3.05) is 26.0 Å². The molecule has 1 fully saturated rings. The first-order chi connectivity index (χ1) is 17.2. The topological polar surface area (TPSA) is 99.8 Å². The number of hydrogen-bond acceptors (Lipinski definition) is 5. The van der Waals surface area contributed by atoms with Crippen LogP contribution in [-0.2, 0) is 9.59 Å². The zero-order valence-corrected chi connectivity index (χ0v) is 21.8. The Morgan fingerprint density at radius 1 is 1.19 bits per heavy atom. The molecule has 2 heterocycles. The standard InChI is InChI=1S/C27H33ClN4O4/c1-15(2)11-22(29-3)25(33)30-18-9-10-32-23(14-18)26(34)31-21-7-5-16(12-20(21)27(32)35)19-13-17(28)6-8-24(19)36-4/h5-8,12-13,15,18,22-23,29H,9-11,14H2,1-4H3,(H,30,33)(H,31,34)/t18-,22-,23-/m0/s1. The fraction of sp³-hybridized carbons (Fsp3) is 0.444. The minimum Gasteiger partial charge on any atom is -0.496 e. The Morgan fingerprint density at radius 2 is 1.97 bits per heavy atom. The van der Waals surface area contributed by atoms with E-state index < -0.39 is 6.04 Å². The van der Waals surface area contributed by atoms with Crippen molar-refractivity contribution in [1.82, 2.24) is 15.5 Å². The highest BCUT2D eigenvalue weighted by Crippen LogP contribution is 2.36. The molecule has 2 aromatic rings. The third-order valence-electron chi connectivity index (χ3n) is 6.86. The van der Waals surface area contributed by atoms with Gasteiger partial charge in [0.2, 0.25) is 11.8 Å². The lowest BCUT2D eigenvalue weighted by atomic mass is 9.95. The number of methoxy groups -OCH3 is 1. The second kappa shape index (κ2) is 10.9. The zero-order valence-electron chi connectivity index (χ0n) is 21.1. The molecule has 8 nitrogen and oxygen atoms in total. The molecule has 0 unspecified atom stereocenters. The van der Waals surface area contributed by atoms with Crippen molar-refractivity contribution in [2.24, 2.45) is 5.92 Å². The van der Waals surface area contributed by atoms with Gasteiger partial charge in [0.05, 0.1) is 24.4 Å². The van der Waals surface area contributed by atoms with Crippen LogP contribution >= 0.6 is 11.6 Å². The number of hydrogen-bond donors (Lipinski definition) is 3. The van der Waals surface area contributed by atoms with E-state index in [1.54, 1.807) is 49.4 Å². The van der Waals surface area contributed by atoms with E-state index in [4.69, 9.17) is 16.3 Å². The highest BCUT2D eigenvalue weighted by molar-refractivity contribution is 6.31. The van der Waals surface area contributed by atoms with Crippen LogP contribution in [0, 0.1) is 5.92 Å². The molecule has 3 amide bonds. The minimum absolute atomic E-state index is 0.0756. The van der Waals surface area contributed by atoms with Gasteiger partial charge < -0.3 is 25.6 Å². The highest BCUT2D eigenvalue weighted by atomic mass is 35.5. The number of halogens is 1. The summed E-state index contributed by atoms with van der Waals surface area (Å²) in [5.74, 6) is 0.468. The van der Waals surface area contributed by atoms with Gasteiger partial charge in [0.15, 0.2) is 0 Å². The molecule has 2 aromatic carbocycles.